The van der Waals surface area contributed by atoms with Gasteiger partial charge in [0.1, 0.15) is 5.75 Å². The van der Waals surface area contributed by atoms with Gasteiger partial charge < -0.3 is 15.0 Å². The zero-order chi connectivity index (χ0) is 14.2. The van der Waals surface area contributed by atoms with Gasteiger partial charge in [0.05, 0.1) is 7.11 Å². The topological polar surface area (TPSA) is 24.5 Å². The van der Waals surface area contributed by atoms with Gasteiger partial charge in [0.25, 0.3) is 0 Å². The van der Waals surface area contributed by atoms with E-state index < -0.39 is 0 Å². The van der Waals surface area contributed by atoms with Crippen molar-refractivity contribution in [2.45, 2.75) is 32.2 Å². The van der Waals surface area contributed by atoms with E-state index in [1.54, 1.807) is 7.11 Å². The van der Waals surface area contributed by atoms with Gasteiger partial charge in [-0.25, -0.2) is 0 Å². The predicted octanol–water partition coefficient (Wildman–Crippen LogP) is 3.42. The number of hydrogen-bond donors (Lipinski definition) is 1. The molecule has 0 aliphatic carbocycles. The molecule has 3 nitrogen and oxygen atoms in total. The lowest BCUT2D eigenvalue weighted by Gasteiger charge is -2.26. The van der Waals surface area contributed by atoms with Crippen LogP contribution in [-0.2, 0) is 6.54 Å². The first-order valence-electron chi connectivity index (χ1n) is 7.55. The lowest BCUT2D eigenvalue weighted by Crippen LogP contribution is -2.32. The van der Waals surface area contributed by atoms with Gasteiger partial charge in [0.15, 0.2) is 0 Å². The van der Waals surface area contributed by atoms with Crippen LogP contribution < -0.4 is 10.1 Å². The van der Waals surface area contributed by atoms with E-state index >= 15 is 0 Å². The Balaban J connectivity index is 1.66. The summed E-state index contributed by atoms with van der Waals surface area (Å²) in [7, 11) is 1.73. The molecular formula is C16H25BrN2O. The lowest BCUT2D eigenvalue weighted by molar-refractivity contribution is 0.225. The summed E-state index contributed by atoms with van der Waals surface area (Å²) in [4.78, 5) is 2.59. The minimum absolute atomic E-state index is 0.864. The summed E-state index contributed by atoms with van der Waals surface area (Å²) in [6.45, 7) is 5.73. The molecule has 2 rings (SSSR count). The van der Waals surface area contributed by atoms with Gasteiger partial charge in [-0.3, -0.25) is 0 Å². The molecule has 1 aliphatic rings. The highest BCUT2D eigenvalue weighted by atomic mass is 79.9. The minimum atomic E-state index is 0.864. The Kier molecular flexibility index (Phi) is 6.83. The average molecular weight is 341 g/mol. The third-order valence-corrected chi connectivity index (χ3v) is 4.33. The van der Waals surface area contributed by atoms with E-state index in [0.29, 0.717) is 0 Å². The van der Waals surface area contributed by atoms with Gasteiger partial charge in [-0.2, -0.15) is 0 Å². The summed E-state index contributed by atoms with van der Waals surface area (Å²) in [5.41, 5.74) is 1.21. The van der Waals surface area contributed by atoms with Crippen molar-refractivity contribution in [1.29, 1.82) is 0 Å². The molecule has 0 unspecified atom stereocenters. The monoisotopic (exact) mass is 340 g/mol. The van der Waals surface area contributed by atoms with Crippen molar-refractivity contribution < 1.29 is 4.74 Å². The highest BCUT2D eigenvalue weighted by Crippen LogP contribution is 2.22. The van der Waals surface area contributed by atoms with E-state index in [-0.39, 0.29) is 0 Å². The Morgan fingerprint density at radius 1 is 1.25 bits per heavy atom. The highest BCUT2D eigenvalue weighted by Gasteiger charge is 2.09. The Bertz CT molecular complexity index is 405. The molecule has 0 bridgehead atoms. The molecule has 0 atom stereocenters. The quantitative estimate of drug-likeness (QED) is 0.769. The zero-order valence-electron chi connectivity index (χ0n) is 12.3. The molecule has 1 N–H and O–H groups in total. The smallest absolute Gasteiger partial charge is 0.123 e. The zero-order valence-corrected chi connectivity index (χ0v) is 13.9. The maximum Gasteiger partial charge on any atom is 0.123 e. The first kappa shape index (κ1) is 15.8. The third-order valence-electron chi connectivity index (χ3n) is 3.83. The standard InChI is InChI=1S/C16H25BrN2O/c1-20-16-7-6-15(17)12-14(16)13-18-8-5-11-19-9-3-2-4-10-19/h6-7,12,18H,2-5,8-11,13H2,1H3. The number of methoxy groups -OCH3 is 1. The molecule has 112 valence electrons. The van der Waals surface area contributed by atoms with E-state index in [4.69, 9.17) is 4.74 Å². The van der Waals surface area contributed by atoms with E-state index in [2.05, 4.69) is 32.2 Å². The summed E-state index contributed by atoms with van der Waals surface area (Å²) in [5.74, 6) is 0.955. The van der Waals surface area contributed by atoms with Crippen molar-refractivity contribution in [3.63, 3.8) is 0 Å². The Morgan fingerprint density at radius 3 is 2.80 bits per heavy atom. The molecule has 1 heterocycles. The van der Waals surface area contributed by atoms with Crippen molar-refractivity contribution in [3.05, 3.63) is 28.2 Å². The van der Waals surface area contributed by atoms with E-state index in [9.17, 15) is 0 Å². The highest BCUT2D eigenvalue weighted by molar-refractivity contribution is 9.10. The second kappa shape index (κ2) is 8.65. The summed E-state index contributed by atoms with van der Waals surface area (Å²) in [5, 5.41) is 3.52. The minimum Gasteiger partial charge on any atom is -0.496 e. The SMILES string of the molecule is COc1ccc(Br)cc1CNCCCN1CCCCC1. The second-order valence-electron chi connectivity index (χ2n) is 5.39. The van der Waals surface area contributed by atoms with Crippen molar-refractivity contribution in [2.75, 3.05) is 33.3 Å². The van der Waals surface area contributed by atoms with Gasteiger partial charge in [0, 0.05) is 16.6 Å². The summed E-state index contributed by atoms with van der Waals surface area (Å²) in [6.07, 6.45) is 5.39. The number of rotatable bonds is 7. The Morgan fingerprint density at radius 2 is 2.05 bits per heavy atom. The van der Waals surface area contributed by atoms with Crippen LogP contribution in [0.15, 0.2) is 22.7 Å². The van der Waals surface area contributed by atoms with Gasteiger partial charge in [0.2, 0.25) is 0 Å². The molecule has 1 aliphatic heterocycles. The molecule has 0 spiro atoms. The van der Waals surface area contributed by atoms with Crippen LogP contribution in [0.25, 0.3) is 0 Å². The van der Waals surface area contributed by atoms with Crippen LogP contribution in [-0.4, -0.2) is 38.2 Å². The number of hydrogen-bond acceptors (Lipinski definition) is 3. The van der Waals surface area contributed by atoms with Crippen molar-refractivity contribution in [3.8, 4) is 5.75 Å². The van der Waals surface area contributed by atoms with Crippen LogP contribution in [0.5, 0.6) is 5.75 Å². The van der Waals surface area contributed by atoms with Crippen molar-refractivity contribution in [1.82, 2.24) is 10.2 Å². The maximum atomic E-state index is 5.38. The number of ether oxygens (including phenoxy) is 1. The predicted molar refractivity (Wildman–Crippen MR) is 87.3 cm³/mol. The molecule has 0 amide bonds. The number of piperidine rings is 1. The normalized spacial score (nSPS) is 16.3. The molecule has 1 aromatic carbocycles. The molecule has 0 saturated carbocycles. The Hall–Kier alpha value is -0.580. The van der Waals surface area contributed by atoms with Crippen LogP contribution in [0.1, 0.15) is 31.2 Å². The van der Waals surface area contributed by atoms with Crippen LogP contribution in [0.3, 0.4) is 0 Å². The van der Waals surface area contributed by atoms with Crippen LogP contribution in [0.2, 0.25) is 0 Å². The molecule has 0 aromatic heterocycles. The Labute approximate surface area is 130 Å². The van der Waals surface area contributed by atoms with E-state index in [1.807, 2.05) is 12.1 Å². The third kappa shape index (κ3) is 5.08. The van der Waals surface area contributed by atoms with Crippen LogP contribution in [0, 0.1) is 0 Å². The first-order valence-corrected chi connectivity index (χ1v) is 8.34. The summed E-state index contributed by atoms with van der Waals surface area (Å²) < 4.78 is 6.48. The van der Waals surface area contributed by atoms with E-state index in [0.717, 1.165) is 23.3 Å². The molecule has 20 heavy (non-hydrogen) atoms. The molecule has 1 fully saturated rings. The van der Waals surface area contributed by atoms with Crippen molar-refractivity contribution >= 4 is 15.9 Å². The van der Waals surface area contributed by atoms with E-state index in [1.165, 1.54) is 50.9 Å². The van der Waals surface area contributed by atoms with Gasteiger partial charge in [-0.15, -0.1) is 0 Å². The fraction of sp³-hybridized carbons (Fsp3) is 0.625. The summed E-state index contributed by atoms with van der Waals surface area (Å²) in [6, 6.07) is 6.14. The number of nitrogens with one attached hydrogen (secondary N) is 1. The van der Waals surface area contributed by atoms with Crippen LogP contribution in [0.4, 0.5) is 0 Å². The number of nitrogens with zero attached hydrogens (tertiary/aromatic N) is 1. The van der Waals surface area contributed by atoms with Crippen LogP contribution >= 0.6 is 15.9 Å². The lowest BCUT2D eigenvalue weighted by atomic mass is 10.1. The number of halogens is 1. The fourth-order valence-corrected chi connectivity index (χ4v) is 3.13. The summed E-state index contributed by atoms with van der Waals surface area (Å²) >= 11 is 3.51. The first-order chi connectivity index (χ1) is 9.79. The molecule has 1 aromatic rings. The average Bonchev–Trinajstić information content (AvgIpc) is 2.48. The molecular weight excluding hydrogens is 316 g/mol. The number of benzene rings is 1. The second-order valence-corrected chi connectivity index (χ2v) is 6.30. The van der Waals surface area contributed by atoms with Gasteiger partial charge >= 0.3 is 0 Å². The largest absolute Gasteiger partial charge is 0.496 e. The van der Waals surface area contributed by atoms with Crippen molar-refractivity contribution in [2.24, 2.45) is 0 Å². The van der Waals surface area contributed by atoms with Gasteiger partial charge in [-0.1, -0.05) is 22.4 Å². The number of likely N-dealkylation sites (tertiary alicyclic amines) is 1. The molecule has 0 radical (unpaired) electrons. The van der Waals surface area contributed by atoms with Gasteiger partial charge in [-0.05, 0) is 63.6 Å². The molecule has 1 saturated heterocycles. The molecule has 4 heteroatoms. The fourth-order valence-electron chi connectivity index (χ4n) is 2.72. The maximum absolute atomic E-state index is 5.38.